The van der Waals surface area contributed by atoms with Gasteiger partial charge >= 0.3 is 0 Å². The van der Waals surface area contributed by atoms with Gasteiger partial charge in [0.15, 0.2) is 0 Å². The zero-order valence-corrected chi connectivity index (χ0v) is 20.4. The summed E-state index contributed by atoms with van der Waals surface area (Å²) in [7, 11) is 0. The van der Waals surface area contributed by atoms with Gasteiger partial charge in [0.25, 0.3) is 5.91 Å². The van der Waals surface area contributed by atoms with Crippen LogP contribution < -0.4 is 15.5 Å². The molecule has 0 bridgehead atoms. The van der Waals surface area contributed by atoms with E-state index in [1.54, 1.807) is 24.5 Å². The van der Waals surface area contributed by atoms with Gasteiger partial charge in [0, 0.05) is 88.6 Å². The van der Waals surface area contributed by atoms with Gasteiger partial charge < -0.3 is 20.4 Å². The van der Waals surface area contributed by atoms with Gasteiger partial charge in [-0.1, -0.05) is 6.07 Å². The monoisotopic (exact) mass is 476 g/mol. The maximum Gasteiger partial charge on any atom is 0.253 e. The minimum Gasteiger partial charge on any atom is -0.369 e. The Labute approximate surface area is 208 Å². The van der Waals surface area contributed by atoms with Crippen molar-refractivity contribution >= 4 is 23.6 Å². The van der Waals surface area contributed by atoms with Gasteiger partial charge in [0.1, 0.15) is 0 Å². The van der Waals surface area contributed by atoms with Crippen LogP contribution in [0.2, 0.25) is 0 Å². The number of unbranched alkanes of at least 4 members (excludes halogenated alkanes) is 1. The van der Waals surface area contributed by atoms with Crippen LogP contribution in [-0.2, 0) is 4.79 Å². The molecule has 2 aliphatic rings. The molecule has 4 rings (SSSR count). The molecule has 2 aliphatic heterocycles. The van der Waals surface area contributed by atoms with Crippen LogP contribution in [0.25, 0.3) is 6.08 Å². The average Bonchev–Trinajstić information content (AvgIpc) is 2.93. The summed E-state index contributed by atoms with van der Waals surface area (Å²) in [5.41, 5.74) is 2.87. The maximum atomic E-state index is 12.9. The molecule has 2 N–H and O–H groups in total. The summed E-state index contributed by atoms with van der Waals surface area (Å²) < 4.78 is 0. The molecule has 0 spiro atoms. The highest BCUT2D eigenvalue weighted by atomic mass is 16.2. The third-order valence-corrected chi connectivity index (χ3v) is 6.57. The van der Waals surface area contributed by atoms with Crippen LogP contribution in [0.15, 0.2) is 54.9 Å². The number of piperazine rings is 2. The van der Waals surface area contributed by atoms with Gasteiger partial charge in [-0.2, -0.15) is 0 Å². The third kappa shape index (κ3) is 7.63. The lowest BCUT2D eigenvalue weighted by molar-refractivity contribution is -0.116. The average molecular weight is 477 g/mol. The van der Waals surface area contributed by atoms with Crippen molar-refractivity contribution in [3.63, 3.8) is 0 Å². The van der Waals surface area contributed by atoms with Crippen molar-refractivity contribution in [3.05, 3.63) is 66.0 Å². The van der Waals surface area contributed by atoms with Crippen molar-refractivity contribution in [2.45, 2.75) is 12.8 Å². The second-order valence-corrected chi connectivity index (χ2v) is 9.04. The van der Waals surface area contributed by atoms with E-state index in [4.69, 9.17) is 0 Å². The van der Waals surface area contributed by atoms with Gasteiger partial charge in [0.05, 0.1) is 0 Å². The van der Waals surface area contributed by atoms with Crippen LogP contribution in [0.1, 0.15) is 28.8 Å². The van der Waals surface area contributed by atoms with E-state index in [9.17, 15) is 9.59 Å². The van der Waals surface area contributed by atoms with Gasteiger partial charge in [-0.15, -0.1) is 0 Å². The lowest BCUT2D eigenvalue weighted by Crippen LogP contribution is -2.48. The Morgan fingerprint density at radius 1 is 0.971 bits per heavy atom. The van der Waals surface area contributed by atoms with Crippen molar-refractivity contribution < 1.29 is 9.59 Å². The normalized spacial score (nSPS) is 17.0. The second kappa shape index (κ2) is 13.0. The quantitative estimate of drug-likeness (QED) is 0.425. The lowest BCUT2D eigenvalue weighted by Gasteiger charge is -2.35. The molecule has 0 aliphatic carbocycles. The Balaban J connectivity index is 1.10. The Morgan fingerprint density at radius 3 is 2.46 bits per heavy atom. The SMILES string of the molecule is O=C(/C=C/c1cccnc1)NCCCCN1CCN(C(=O)c2ccc(N3CCNCC3)cc2)CC1. The summed E-state index contributed by atoms with van der Waals surface area (Å²) in [6, 6.07) is 11.8. The largest absolute Gasteiger partial charge is 0.369 e. The van der Waals surface area contributed by atoms with E-state index in [0.717, 1.165) is 82.9 Å². The molecule has 8 heteroatoms. The van der Waals surface area contributed by atoms with Gasteiger partial charge in [-0.05, 0) is 61.4 Å². The van der Waals surface area contributed by atoms with Crippen LogP contribution >= 0.6 is 0 Å². The Bertz CT molecular complexity index is 965. The summed E-state index contributed by atoms with van der Waals surface area (Å²) in [4.78, 5) is 35.6. The zero-order chi connectivity index (χ0) is 24.3. The van der Waals surface area contributed by atoms with Crippen molar-refractivity contribution in [1.82, 2.24) is 25.4 Å². The number of nitrogens with zero attached hydrogens (tertiary/aromatic N) is 4. The number of nitrogens with one attached hydrogen (secondary N) is 2. The van der Waals surface area contributed by atoms with Crippen molar-refractivity contribution in [3.8, 4) is 0 Å². The highest BCUT2D eigenvalue weighted by Crippen LogP contribution is 2.17. The van der Waals surface area contributed by atoms with E-state index >= 15 is 0 Å². The molecule has 2 saturated heterocycles. The third-order valence-electron chi connectivity index (χ3n) is 6.57. The Kier molecular flexibility index (Phi) is 9.25. The topological polar surface area (TPSA) is 80.8 Å². The Hall–Kier alpha value is -3.23. The first kappa shape index (κ1) is 24.9. The standard InChI is InChI=1S/C27H36N6O2/c34-26(10-5-23-4-3-11-29-22-23)30-12-1-2-15-31-18-20-33(21-19-31)27(35)24-6-8-25(9-7-24)32-16-13-28-14-17-32/h3-11,22,28H,1-2,12-21H2,(H,30,34)/b10-5+. The molecule has 0 radical (unpaired) electrons. The van der Waals surface area contributed by atoms with Gasteiger partial charge in [-0.3, -0.25) is 19.5 Å². The number of anilines is 1. The first-order valence-electron chi connectivity index (χ1n) is 12.6. The van der Waals surface area contributed by atoms with Crippen molar-refractivity contribution in [2.75, 3.05) is 70.3 Å². The van der Waals surface area contributed by atoms with Crippen LogP contribution in [0.3, 0.4) is 0 Å². The smallest absolute Gasteiger partial charge is 0.253 e. The molecule has 1 aromatic heterocycles. The van der Waals surface area contributed by atoms with Crippen molar-refractivity contribution in [1.29, 1.82) is 0 Å². The molecule has 3 heterocycles. The molecule has 0 saturated carbocycles. The molecular weight excluding hydrogens is 440 g/mol. The fraction of sp³-hybridized carbons (Fsp3) is 0.444. The van der Waals surface area contributed by atoms with Crippen LogP contribution in [0.5, 0.6) is 0 Å². The molecule has 0 unspecified atom stereocenters. The summed E-state index contributed by atoms with van der Waals surface area (Å²) in [6.45, 7) is 8.98. The summed E-state index contributed by atoms with van der Waals surface area (Å²) >= 11 is 0. The molecular formula is C27H36N6O2. The van der Waals surface area contributed by atoms with Crippen molar-refractivity contribution in [2.24, 2.45) is 0 Å². The van der Waals surface area contributed by atoms with E-state index in [1.807, 2.05) is 29.2 Å². The highest BCUT2D eigenvalue weighted by Gasteiger charge is 2.22. The molecule has 186 valence electrons. The number of pyridine rings is 1. The minimum atomic E-state index is -0.0815. The first-order valence-corrected chi connectivity index (χ1v) is 12.6. The van der Waals surface area contributed by atoms with E-state index in [0.29, 0.717) is 6.54 Å². The fourth-order valence-corrected chi connectivity index (χ4v) is 4.47. The molecule has 1 aromatic carbocycles. The maximum absolute atomic E-state index is 12.9. The van der Waals surface area contributed by atoms with E-state index in [1.165, 1.54) is 5.69 Å². The molecule has 2 fully saturated rings. The number of rotatable bonds is 9. The molecule has 2 aromatic rings. The number of carbonyl (C=O) groups is 2. The number of benzene rings is 1. The van der Waals surface area contributed by atoms with E-state index in [2.05, 4.69) is 37.6 Å². The highest BCUT2D eigenvalue weighted by molar-refractivity contribution is 5.94. The number of amides is 2. The summed E-state index contributed by atoms with van der Waals surface area (Å²) in [5.74, 6) is 0.0421. The first-order chi connectivity index (χ1) is 17.2. The number of hydrogen-bond donors (Lipinski definition) is 2. The predicted octanol–water partition coefficient (Wildman–Crippen LogP) is 1.86. The van der Waals surface area contributed by atoms with Crippen LogP contribution in [-0.4, -0.2) is 92.0 Å². The van der Waals surface area contributed by atoms with Gasteiger partial charge in [0.2, 0.25) is 5.91 Å². The van der Waals surface area contributed by atoms with Crippen LogP contribution in [0.4, 0.5) is 5.69 Å². The zero-order valence-electron chi connectivity index (χ0n) is 20.4. The molecule has 35 heavy (non-hydrogen) atoms. The molecule has 2 amide bonds. The lowest BCUT2D eigenvalue weighted by atomic mass is 10.1. The summed E-state index contributed by atoms with van der Waals surface area (Å²) in [6.07, 6.45) is 8.71. The minimum absolute atomic E-state index is 0.0815. The van der Waals surface area contributed by atoms with E-state index in [-0.39, 0.29) is 11.8 Å². The fourth-order valence-electron chi connectivity index (χ4n) is 4.47. The van der Waals surface area contributed by atoms with Crippen LogP contribution in [0, 0.1) is 0 Å². The Morgan fingerprint density at radius 2 is 1.74 bits per heavy atom. The van der Waals surface area contributed by atoms with Gasteiger partial charge in [-0.25, -0.2) is 0 Å². The number of aromatic nitrogens is 1. The second-order valence-electron chi connectivity index (χ2n) is 9.04. The number of hydrogen-bond acceptors (Lipinski definition) is 6. The predicted molar refractivity (Wildman–Crippen MR) is 139 cm³/mol. The number of carbonyl (C=O) groups excluding carboxylic acids is 2. The molecule has 0 atom stereocenters. The summed E-state index contributed by atoms with van der Waals surface area (Å²) in [5, 5.41) is 6.30. The van der Waals surface area contributed by atoms with E-state index < -0.39 is 0 Å². The molecule has 8 nitrogen and oxygen atoms in total.